The van der Waals surface area contributed by atoms with E-state index in [9.17, 15) is 15.2 Å². The molecule has 0 bridgehead atoms. The van der Waals surface area contributed by atoms with E-state index in [2.05, 4.69) is 16.7 Å². The highest BCUT2D eigenvalue weighted by Gasteiger charge is 2.24. The van der Waals surface area contributed by atoms with E-state index in [0.717, 1.165) is 25.3 Å². The Balaban J connectivity index is 2.00. The standard InChI is InChI=1S/C14H21N3O3/c1-11-9-16(8-7-15(11)10-12(2)18)13-3-5-14(6-4-13)17(19)20/h3-6,11-12,18H,7-10H2,1-2H3/t11-,12+/m1/s1. The summed E-state index contributed by atoms with van der Waals surface area (Å²) in [7, 11) is 0. The quantitative estimate of drug-likeness (QED) is 0.668. The first kappa shape index (κ1) is 14.7. The lowest BCUT2D eigenvalue weighted by atomic mass is 10.1. The number of anilines is 1. The molecule has 0 aliphatic carbocycles. The highest BCUT2D eigenvalue weighted by atomic mass is 16.6. The molecule has 0 saturated carbocycles. The van der Waals surface area contributed by atoms with E-state index in [1.165, 1.54) is 0 Å². The Hall–Kier alpha value is -1.66. The molecule has 1 aromatic carbocycles. The van der Waals surface area contributed by atoms with Gasteiger partial charge in [0.25, 0.3) is 5.69 Å². The van der Waals surface area contributed by atoms with Gasteiger partial charge in [0.15, 0.2) is 0 Å². The number of hydrogen-bond donors (Lipinski definition) is 1. The Morgan fingerprint density at radius 3 is 2.55 bits per heavy atom. The second kappa shape index (κ2) is 6.19. The SMILES string of the molecule is C[C@H](O)CN1CCN(c2ccc([N+](=O)[O-])cc2)C[C@H]1C. The molecule has 1 N–H and O–H groups in total. The fourth-order valence-electron chi connectivity index (χ4n) is 2.63. The maximum Gasteiger partial charge on any atom is 0.269 e. The topological polar surface area (TPSA) is 69.8 Å². The number of benzene rings is 1. The molecule has 6 heteroatoms. The summed E-state index contributed by atoms with van der Waals surface area (Å²) in [5.41, 5.74) is 1.13. The first-order valence-corrected chi connectivity index (χ1v) is 6.89. The van der Waals surface area contributed by atoms with Gasteiger partial charge in [0, 0.05) is 50.0 Å². The molecule has 0 radical (unpaired) electrons. The van der Waals surface area contributed by atoms with Crippen LogP contribution < -0.4 is 4.90 Å². The van der Waals surface area contributed by atoms with Gasteiger partial charge in [0.2, 0.25) is 0 Å². The van der Waals surface area contributed by atoms with E-state index in [1.54, 1.807) is 31.2 Å². The van der Waals surface area contributed by atoms with Crippen LogP contribution in [0.25, 0.3) is 0 Å². The lowest BCUT2D eigenvalue weighted by Crippen LogP contribution is -2.53. The molecule has 0 amide bonds. The number of nitrogens with zero attached hydrogens (tertiary/aromatic N) is 3. The number of nitro benzene ring substituents is 1. The molecule has 6 nitrogen and oxygen atoms in total. The third-order valence-electron chi connectivity index (χ3n) is 3.69. The van der Waals surface area contributed by atoms with E-state index in [-0.39, 0.29) is 16.7 Å². The molecule has 0 aromatic heterocycles. The average Bonchev–Trinajstić information content (AvgIpc) is 2.41. The molecule has 110 valence electrons. The molecule has 0 spiro atoms. The summed E-state index contributed by atoms with van der Waals surface area (Å²) in [4.78, 5) is 14.8. The van der Waals surface area contributed by atoms with Crippen LogP contribution in [0, 0.1) is 10.1 Å². The van der Waals surface area contributed by atoms with Gasteiger partial charge in [-0.05, 0) is 26.0 Å². The molecule has 20 heavy (non-hydrogen) atoms. The summed E-state index contributed by atoms with van der Waals surface area (Å²) >= 11 is 0. The Bertz CT molecular complexity index is 461. The Morgan fingerprint density at radius 2 is 2.05 bits per heavy atom. The fourth-order valence-corrected chi connectivity index (χ4v) is 2.63. The Labute approximate surface area is 118 Å². The van der Waals surface area contributed by atoms with Crippen LogP contribution in [0.1, 0.15) is 13.8 Å². The summed E-state index contributed by atoms with van der Waals surface area (Å²) in [5.74, 6) is 0. The normalized spacial score (nSPS) is 21.8. The van der Waals surface area contributed by atoms with Crippen LogP contribution in [-0.2, 0) is 0 Å². The molecular weight excluding hydrogens is 258 g/mol. The van der Waals surface area contributed by atoms with E-state index in [1.807, 2.05) is 0 Å². The van der Waals surface area contributed by atoms with Gasteiger partial charge in [-0.25, -0.2) is 0 Å². The highest BCUT2D eigenvalue weighted by Crippen LogP contribution is 2.22. The molecule has 1 saturated heterocycles. The first-order valence-electron chi connectivity index (χ1n) is 6.89. The number of rotatable bonds is 4. The van der Waals surface area contributed by atoms with Crippen molar-refractivity contribution in [1.82, 2.24) is 4.90 Å². The van der Waals surface area contributed by atoms with E-state index >= 15 is 0 Å². The minimum Gasteiger partial charge on any atom is -0.392 e. The fraction of sp³-hybridized carbons (Fsp3) is 0.571. The predicted octanol–water partition coefficient (Wildman–Crippen LogP) is 1.49. The number of hydrogen-bond acceptors (Lipinski definition) is 5. The van der Waals surface area contributed by atoms with Crippen LogP contribution in [-0.4, -0.2) is 53.3 Å². The van der Waals surface area contributed by atoms with Crippen molar-refractivity contribution in [3.8, 4) is 0 Å². The van der Waals surface area contributed by atoms with Gasteiger partial charge in [-0.1, -0.05) is 0 Å². The van der Waals surface area contributed by atoms with Crippen molar-refractivity contribution in [2.45, 2.75) is 26.0 Å². The first-order chi connectivity index (χ1) is 9.47. The minimum atomic E-state index is -0.382. The molecule has 2 atom stereocenters. The average molecular weight is 279 g/mol. The van der Waals surface area contributed by atoms with Crippen molar-refractivity contribution >= 4 is 11.4 Å². The Kier molecular flexibility index (Phi) is 4.57. The second-order valence-electron chi connectivity index (χ2n) is 5.41. The zero-order chi connectivity index (χ0) is 14.7. The second-order valence-corrected chi connectivity index (χ2v) is 5.41. The zero-order valence-electron chi connectivity index (χ0n) is 11.9. The van der Waals surface area contributed by atoms with Gasteiger partial charge in [0.1, 0.15) is 0 Å². The van der Waals surface area contributed by atoms with Gasteiger partial charge in [-0.15, -0.1) is 0 Å². The van der Waals surface area contributed by atoms with Crippen molar-refractivity contribution in [3.63, 3.8) is 0 Å². The van der Waals surface area contributed by atoms with Gasteiger partial charge < -0.3 is 10.0 Å². The van der Waals surface area contributed by atoms with Crippen molar-refractivity contribution in [3.05, 3.63) is 34.4 Å². The number of aliphatic hydroxyl groups excluding tert-OH is 1. The molecular formula is C14H21N3O3. The molecule has 1 aliphatic rings. The van der Waals surface area contributed by atoms with Crippen molar-refractivity contribution in [2.24, 2.45) is 0 Å². The monoisotopic (exact) mass is 279 g/mol. The van der Waals surface area contributed by atoms with Gasteiger partial charge in [0.05, 0.1) is 11.0 Å². The summed E-state index contributed by atoms with van der Waals surface area (Å²) in [6.45, 7) is 7.26. The Morgan fingerprint density at radius 1 is 1.40 bits per heavy atom. The van der Waals surface area contributed by atoms with E-state index in [4.69, 9.17) is 0 Å². The predicted molar refractivity (Wildman–Crippen MR) is 78.0 cm³/mol. The van der Waals surface area contributed by atoms with Crippen LogP contribution in [0.3, 0.4) is 0 Å². The number of non-ortho nitro benzene ring substituents is 1. The lowest BCUT2D eigenvalue weighted by Gasteiger charge is -2.41. The van der Waals surface area contributed by atoms with E-state index < -0.39 is 0 Å². The minimum absolute atomic E-state index is 0.120. The number of nitro groups is 1. The van der Waals surface area contributed by atoms with Gasteiger partial charge in [-0.3, -0.25) is 15.0 Å². The molecule has 0 unspecified atom stereocenters. The molecule has 2 rings (SSSR count). The van der Waals surface area contributed by atoms with Crippen LogP contribution in [0.2, 0.25) is 0 Å². The third-order valence-corrected chi connectivity index (χ3v) is 3.69. The highest BCUT2D eigenvalue weighted by molar-refractivity contribution is 5.51. The largest absolute Gasteiger partial charge is 0.392 e. The van der Waals surface area contributed by atoms with E-state index in [0.29, 0.717) is 12.6 Å². The summed E-state index contributed by atoms with van der Waals surface area (Å²) in [6.07, 6.45) is -0.316. The van der Waals surface area contributed by atoms with Crippen LogP contribution in [0.4, 0.5) is 11.4 Å². The molecule has 1 aliphatic heterocycles. The van der Waals surface area contributed by atoms with Crippen molar-refractivity contribution < 1.29 is 10.0 Å². The smallest absolute Gasteiger partial charge is 0.269 e. The van der Waals surface area contributed by atoms with Crippen molar-refractivity contribution in [1.29, 1.82) is 0 Å². The maximum atomic E-state index is 10.6. The molecule has 1 aromatic rings. The third kappa shape index (κ3) is 3.46. The van der Waals surface area contributed by atoms with Crippen molar-refractivity contribution in [2.75, 3.05) is 31.1 Å². The van der Waals surface area contributed by atoms with Crippen LogP contribution in [0.5, 0.6) is 0 Å². The maximum absolute atomic E-state index is 10.6. The summed E-state index contributed by atoms with van der Waals surface area (Å²) in [5, 5.41) is 20.1. The van der Waals surface area contributed by atoms with Crippen LogP contribution in [0.15, 0.2) is 24.3 Å². The molecule has 1 heterocycles. The van der Waals surface area contributed by atoms with Gasteiger partial charge >= 0.3 is 0 Å². The number of β-amino-alcohol motifs (C(OH)–C–C–N with tert-alkyl or cyclic N) is 1. The molecule has 1 fully saturated rings. The number of aliphatic hydroxyl groups is 1. The van der Waals surface area contributed by atoms with Crippen LogP contribution >= 0.6 is 0 Å². The zero-order valence-corrected chi connectivity index (χ0v) is 11.9. The summed E-state index contributed by atoms with van der Waals surface area (Å²) in [6, 6.07) is 7.04. The lowest BCUT2D eigenvalue weighted by molar-refractivity contribution is -0.384. The number of piperazine rings is 1. The summed E-state index contributed by atoms with van der Waals surface area (Å²) < 4.78 is 0. The van der Waals surface area contributed by atoms with Gasteiger partial charge in [-0.2, -0.15) is 0 Å².